The third-order valence-corrected chi connectivity index (χ3v) is 5.53. The summed E-state index contributed by atoms with van der Waals surface area (Å²) >= 11 is 13.2. The fraction of sp³-hybridized carbons (Fsp3) is 0.353. The lowest BCUT2D eigenvalue weighted by molar-refractivity contribution is -0.113. The molecule has 2 heterocycles. The third-order valence-electron chi connectivity index (χ3n) is 3.86. The fourth-order valence-electron chi connectivity index (χ4n) is 2.62. The minimum atomic E-state index is -0.124. The number of benzene rings is 1. The van der Waals surface area contributed by atoms with Crippen molar-refractivity contribution in [2.45, 2.75) is 24.3 Å². The summed E-state index contributed by atoms with van der Waals surface area (Å²) in [6, 6.07) is 6.95. The Hall–Kier alpha value is -1.50. The smallest absolute Gasteiger partial charge is 0.234 e. The lowest BCUT2D eigenvalue weighted by Crippen LogP contribution is -2.30. The van der Waals surface area contributed by atoms with E-state index in [4.69, 9.17) is 23.2 Å². The lowest BCUT2D eigenvalue weighted by atomic mass is 10.1. The molecule has 0 radical (unpaired) electrons. The highest BCUT2D eigenvalue weighted by Crippen LogP contribution is 2.26. The predicted molar refractivity (Wildman–Crippen MR) is 104 cm³/mol. The highest BCUT2D eigenvalue weighted by Gasteiger charge is 2.13. The van der Waals surface area contributed by atoms with E-state index in [9.17, 15) is 4.79 Å². The summed E-state index contributed by atoms with van der Waals surface area (Å²) in [5.74, 6) is 1.07. The Bertz CT molecular complexity index is 753. The van der Waals surface area contributed by atoms with Crippen LogP contribution in [0, 0.1) is 0 Å². The van der Waals surface area contributed by atoms with Gasteiger partial charge in [-0.3, -0.25) is 4.79 Å². The second kappa shape index (κ2) is 8.74. The van der Waals surface area contributed by atoms with Gasteiger partial charge in [-0.15, -0.1) is 0 Å². The fourth-order valence-corrected chi connectivity index (χ4v) is 3.57. The molecule has 1 amide bonds. The number of nitrogens with one attached hydrogen (secondary N) is 1. The molecular weight excluding hydrogens is 379 g/mol. The standard InChI is InChI=1S/C17H18Cl2N4OS/c18-13-5-4-12(8-14(13)19)22-16(24)10-25-17-9-15(20-11-21-17)23-6-2-1-3-7-23/h4-5,8-9,11H,1-3,6-7,10H2,(H,22,24). The maximum absolute atomic E-state index is 12.1. The van der Waals surface area contributed by atoms with E-state index in [-0.39, 0.29) is 11.7 Å². The molecule has 1 aromatic heterocycles. The molecule has 0 aliphatic carbocycles. The van der Waals surface area contributed by atoms with Crippen LogP contribution in [0.5, 0.6) is 0 Å². The number of thioether (sulfide) groups is 1. The number of hydrogen-bond acceptors (Lipinski definition) is 5. The normalized spacial score (nSPS) is 14.4. The zero-order valence-corrected chi connectivity index (χ0v) is 15.9. The quantitative estimate of drug-likeness (QED) is 0.595. The summed E-state index contributed by atoms with van der Waals surface area (Å²) in [5.41, 5.74) is 0.622. The molecule has 1 aliphatic rings. The Balaban J connectivity index is 1.55. The van der Waals surface area contributed by atoms with E-state index in [0.29, 0.717) is 15.7 Å². The van der Waals surface area contributed by atoms with Gasteiger partial charge < -0.3 is 10.2 Å². The number of nitrogens with zero attached hydrogens (tertiary/aromatic N) is 3. The Kier molecular flexibility index (Phi) is 6.39. The van der Waals surface area contributed by atoms with Crippen LogP contribution in [-0.4, -0.2) is 34.7 Å². The highest BCUT2D eigenvalue weighted by molar-refractivity contribution is 7.99. The summed E-state index contributed by atoms with van der Waals surface area (Å²) < 4.78 is 0. The molecular formula is C17H18Cl2N4OS. The van der Waals surface area contributed by atoms with Crippen molar-refractivity contribution in [3.05, 3.63) is 40.6 Å². The number of amides is 1. The molecule has 8 heteroatoms. The van der Waals surface area contributed by atoms with Crippen LogP contribution in [0.25, 0.3) is 0 Å². The van der Waals surface area contributed by atoms with E-state index in [0.717, 1.165) is 23.9 Å². The average molecular weight is 397 g/mol. The predicted octanol–water partition coefficient (Wildman–Crippen LogP) is 4.50. The summed E-state index contributed by atoms with van der Waals surface area (Å²) in [6.45, 7) is 2.05. The second-order valence-electron chi connectivity index (χ2n) is 5.73. The number of piperidine rings is 1. The first kappa shape index (κ1) is 18.3. The molecule has 2 aromatic rings. The number of aromatic nitrogens is 2. The van der Waals surface area contributed by atoms with Crippen LogP contribution in [0.3, 0.4) is 0 Å². The number of anilines is 2. The molecule has 25 heavy (non-hydrogen) atoms. The zero-order chi connectivity index (χ0) is 17.6. The molecule has 132 valence electrons. The number of carbonyl (C=O) groups excluding carboxylic acids is 1. The molecule has 0 atom stereocenters. The van der Waals surface area contributed by atoms with Gasteiger partial charge in [0.2, 0.25) is 5.91 Å². The molecule has 1 aromatic carbocycles. The maximum atomic E-state index is 12.1. The van der Waals surface area contributed by atoms with Gasteiger partial charge in [0, 0.05) is 24.8 Å². The first-order valence-corrected chi connectivity index (χ1v) is 9.81. The van der Waals surface area contributed by atoms with Gasteiger partial charge in [0.25, 0.3) is 0 Å². The van der Waals surface area contributed by atoms with E-state index in [1.807, 2.05) is 6.07 Å². The highest BCUT2D eigenvalue weighted by atomic mass is 35.5. The van der Waals surface area contributed by atoms with Crippen LogP contribution in [0.1, 0.15) is 19.3 Å². The van der Waals surface area contributed by atoms with E-state index in [1.165, 1.54) is 31.0 Å². The van der Waals surface area contributed by atoms with Crippen molar-refractivity contribution in [2.75, 3.05) is 29.1 Å². The number of carbonyl (C=O) groups is 1. The minimum Gasteiger partial charge on any atom is -0.356 e. The second-order valence-corrected chi connectivity index (χ2v) is 7.54. The van der Waals surface area contributed by atoms with Gasteiger partial charge in [0.1, 0.15) is 17.2 Å². The van der Waals surface area contributed by atoms with E-state index in [1.54, 1.807) is 24.5 Å². The van der Waals surface area contributed by atoms with Gasteiger partial charge >= 0.3 is 0 Å². The lowest BCUT2D eigenvalue weighted by Gasteiger charge is -2.27. The molecule has 0 spiro atoms. The Morgan fingerprint density at radius 2 is 1.92 bits per heavy atom. The van der Waals surface area contributed by atoms with E-state index < -0.39 is 0 Å². The summed E-state index contributed by atoms with van der Waals surface area (Å²) in [7, 11) is 0. The molecule has 1 aliphatic heterocycles. The molecule has 1 saturated heterocycles. The van der Waals surface area contributed by atoms with Crippen LogP contribution in [0.2, 0.25) is 10.0 Å². The van der Waals surface area contributed by atoms with Crippen molar-refractivity contribution in [1.82, 2.24) is 9.97 Å². The molecule has 0 saturated carbocycles. The van der Waals surface area contributed by atoms with Gasteiger partial charge in [-0.05, 0) is 37.5 Å². The SMILES string of the molecule is O=C(CSc1cc(N2CCCCC2)ncn1)Nc1ccc(Cl)c(Cl)c1. The first-order chi connectivity index (χ1) is 12.1. The Morgan fingerprint density at radius 3 is 2.68 bits per heavy atom. The van der Waals surface area contributed by atoms with Gasteiger partial charge in [0.15, 0.2) is 0 Å². The van der Waals surface area contributed by atoms with Crippen molar-refractivity contribution >= 4 is 52.4 Å². The number of hydrogen-bond donors (Lipinski definition) is 1. The Morgan fingerprint density at radius 1 is 1.12 bits per heavy atom. The first-order valence-electron chi connectivity index (χ1n) is 8.06. The van der Waals surface area contributed by atoms with Crippen molar-refractivity contribution in [3.63, 3.8) is 0 Å². The van der Waals surface area contributed by atoms with Crippen molar-refractivity contribution in [3.8, 4) is 0 Å². The molecule has 0 unspecified atom stereocenters. The summed E-state index contributed by atoms with van der Waals surface area (Å²) in [4.78, 5) is 23.0. The van der Waals surface area contributed by atoms with Crippen molar-refractivity contribution in [2.24, 2.45) is 0 Å². The largest absolute Gasteiger partial charge is 0.356 e. The number of halogens is 2. The summed E-state index contributed by atoms with van der Waals surface area (Å²) in [6.07, 6.45) is 5.22. The Labute approximate surface area is 161 Å². The molecule has 0 bridgehead atoms. The van der Waals surface area contributed by atoms with E-state index in [2.05, 4.69) is 20.2 Å². The third kappa shape index (κ3) is 5.23. The van der Waals surface area contributed by atoms with Crippen molar-refractivity contribution in [1.29, 1.82) is 0 Å². The van der Waals surface area contributed by atoms with Crippen LogP contribution < -0.4 is 10.2 Å². The summed E-state index contributed by atoms with van der Waals surface area (Å²) in [5, 5.41) is 4.46. The topological polar surface area (TPSA) is 58.1 Å². The maximum Gasteiger partial charge on any atom is 0.234 e. The van der Waals surface area contributed by atoms with Crippen LogP contribution in [0.15, 0.2) is 35.6 Å². The van der Waals surface area contributed by atoms with Gasteiger partial charge in [-0.1, -0.05) is 35.0 Å². The zero-order valence-electron chi connectivity index (χ0n) is 13.5. The van der Waals surface area contributed by atoms with Gasteiger partial charge in [0.05, 0.1) is 15.8 Å². The average Bonchev–Trinajstić information content (AvgIpc) is 2.64. The van der Waals surface area contributed by atoms with Gasteiger partial charge in [-0.2, -0.15) is 0 Å². The van der Waals surface area contributed by atoms with Crippen molar-refractivity contribution < 1.29 is 4.79 Å². The molecule has 3 rings (SSSR count). The molecule has 1 N–H and O–H groups in total. The monoisotopic (exact) mass is 396 g/mol. The van der Waals surface area contributed by atoms with Crippen LogP contribution >= 0.6 is 35.0 Å². The van der Waals surface area contributed by atoms with Crippen LogP contribution in [0.4, 0.5) is 11.5 Å². The van der Waals surface area contributed by atoms with Crippen LogP contribution in [-0.2, 0) is 4.79 Å². The molecule has 5 nitrogen and oxygen atoms in total. The minimum absolute atomic E-state index is 0.124. The molecule has 1 fully saturated rings. The van der Waals surface area contributed by atoms with E-state index >= 15 is 0 Å². The number of rotatable bonds is 5. The van der Waals surface area contributed by atoms with Gasteiger partial charge in [-0.25, -0.2) is 9.97 Å².